The van der Waals surface area contributed by atoms with Gasteiger partial charge in [0.25, 0.3) is 5.56 Å². The molecule has 0 aliphatic carbocycles. The van der Waals surface area contributed by atoms with Gasteiger partial charge in [-0.15, -0.1) is 11.3 Å². The number of fused-ring (bicyclic) bond motifs is 4. The van der Waals surface area contributed by atoms with Gasteiger partial charge in [-0.05, 0) is 32.3 Å². The fraction of sp³-hybridized carbons (Fsp3) is 0.571. The molecule has 4 heterocycles. The average Bonchev–Trinajstić information content (AvgIpc) is 2.95. The van der Waals surface area contributed by atoms with Gasteiger partial charge >= 0.3 is 0 Å². The van der Waals surface area contributed by atoms with E-state index in [-0.39, 0.29) is 11.2 Å². The van der Waals surface area contributed by atoms with Crippen molar-refractivity contribution in [1.82, 2.24) is 14.5 Å². The first-order valence-corrected chi connectivity index (χ1v) is 10.6. The summed E-state index contributed by atoms with van der Waals surface area (Å²) in [6.45, 7) is 11.9. The molecule has 0 spiro atoms. The van der Waals surface area contributed by atoms with Crippen LogP contribution in [0.4, 0.5) is 0 Å². The van der Waals surface area contributed by atoms with Crippen LogP contribution in [0.3, 0.4) is 0 Å². The van der Waals surface area contributed by atoms with Gasteiger partial charge in [-0.25, -0.2) is 9.97 Å². The molecule has 0 aromatic carbocycles. The van der Waals surface area contributed by atoms with Crippen molar-refractivity contribution in [2.75, 3.05) is 0 Å². The molecule has 5 nitrogen and oxygen atoms in total. The maximum atomic E-state index is 13.2. The van der Waals surface area contributed by atoms with Crippen molar-refractivity contribution in [3.63, 3.8) is 0 Å². The van der Waals surface area contributed by atoms with Crippen LogP contribution in [-0.4, -0.2) is 20.1 Å². The largest absolute Gasteiger partial charge is 0.370 e. The highest BCUT2D eigenvalue weighted by Crippen LogP contribution is 2.34. The Bertz CT molecular complexity index is 1080. The van der Waals surface area contributed by atoms with Crippen molar-refractivity contribution in [2.24, 2.45) is 5.92 Å². The van der Waals surface area contributed by atoms with Crippen LogP contribution in [0, 0.1) is 5.92 Å². The van der Waals surface area contributed by atoms with Gasteiger partial charge in [0.2, 0.25) is 0 Å². The van der Waals surface area contributed by atoms with Gasteiger partial charge in [-0.1, -0.05) is 20.8 Å². The quantitative estimate of drug-likeness (QED) is 0.665. The van der Waals surface area contributed by atoms with Crippen LogP contribution >= 0.6 is 11.3 Å². The molecular formula is C21H27N3O2S. The van der Waals surface area contributed by atoms with Crippen LogP contribution in [0.25, 0.3) is 20.4 Å². The van der Waals surface area contributed by atoms with Gasteiger partial charge in [0.05, 0.1) is 23.4 Å². The number of aromatic nitrogens is 3. The third-order valence-corrected chi connectivity index (χ3v) is 6.35. The number of ether oxygens (including phenoxy) is 1. The standard InChI is InChI=1S/C21H27N3O2S/c1-6-16-23-17-14-9-13-11-26-21(4,5)10-15(13)22-19(14)27-18(17)20(25)24(16)8-7-12(2)3/h9,12H,6-8,10-11H2,1-5H3. The summed E-state index contributed by atoms with van der Waals surface area (Å²) in [5, 5.41) is 0.986. The zero-order valence-corrected chi connectivity index (χ0v) is 17.6. The van der Waals surface area contributed by atoms with Crippen LogP contribution in [0.15, 0.2) is 10.9 Å². The maximum absolute atomic E-state index is 13.2. The Morgan fingerprint density at radius 2 is 2.11 bits per heavy atom. The summed E-state index contributed by atoms with van der Waals surface area (Å²) in [7, 11) is 0. The molecule has 3 aromatic heterocycles. The maximum Gasteiger partial charge on any atom is 0.271 e. The molecule has 0 saturated heterocycles. The second-order valence-electron chi connectivity index (χ2n) is 8.47. The molecule has 0 bridgehead atoms. The Kier molecular flexibility index (Phi) is 4.59. The van der Waals surface area contributed by atoms with Gasteiger partial charge < -0.3 is 4.74 Å². The number of pyridine rings is 1. The van der Waals surface area contributed by atoms with E-state index in [4.69, 9.17) is 14.7 Å². The predicted molar refractivity (Wildman–Crippen MR) is 111 cm³/mol. The van der Waals surface area contributed by atoms with E-state index in [0.29, 0.717) is 12.5 Å². The van der Waals surface area contributed by atoms with E-state index in [0.717, 1.165) is 63.3 Å². The highest BCUT2D eigenvalue weighted by Gasteiger charge is 2.28. The summed E-state index contributed by atoms with van der Waals surface area (Å²) in [6.07, 6.45) is 2.51. The molecule has 6 heteroatoms. The molecule has 3 aromatic rings. The van der Waals surface area contributed by atoms with Crippen molar-refractivity contribution in [3.8, 4) is 0 Å². The Morgan fingerprint density at radius 3 is 2.81 bits per heavy atom. The number of hydrogen-bond donors (Lipinski definition) is 0. The molecule has 0 fully saturated rings. The van der Waals surface area contributed by atoms with E-state index >= 15 is 0 Å². The number of nitrogens with zero attached hydrogens (tertiary/aromatic N) is 3. The highest BCUT2D eigenvalue weighted by atomic mass is 32.1. The molecule has 144 valence electrons. The summed E-state index contributed by atoms with van der Waals surface area (Å²) in [4.78, 5) is 23.9. The first-order valence-electron chi connectivity index (χ1n) is 9.77. The number of rotatable bonds is 4. The number of aryl methyl sites for hydroxylation is 1. The van der Waals surface area contributed by atoms with E-state index in [1.807, 2.05) is 4.57 Å². The molecule has 0 atom stereocenters. The second-order valence-corrected chi connectivity index (χ2v) is 9.47. The monoisotopic (exact) mass is 385 g/mol. The number of hydrogen-bond acceptors (Lipinski definition) is 5. The molecule has 1 aliphatic heterocycles. The lowest BCUT2D eigenvalue weighted by Crippen LogP contribution is -2.32. The fourth-order valence-corrected chi connectivity index (χ4v) is 4.73. The molecule has 4 rings (SSSR count). The van der Waals surface area contributed by atoms with Crippen LogP contribution in [-0.2, 0) is 30.7 Å². The van der Waals surface area contributed by atoms with E-state index in [1.54, 1.807) is 0 Å². The Labute approximate surface area is 163 Å². The Morgan fingerprint density at radius 1 is 1.33 bits per heavy atom. The summed E-state index contributed by atoms with van der Waals surface area (Å²) in [5.41, 5.74) is 2.89. The number of thiophene rings is 1. The molecule has 0 amide bonds. The average molecular weight is 386 g/mol. The van der Waals surface area contributed by atoms with E-state index < -0.39 is 0 Å². The first kappa shape index (κ1) is 18.6. The normalized spacial score (nSPS) is 16.4. The Hall–Kier alpha value is -1.79. The van der Waals surface area contributed by atoms with Gasteiger partial charge in [0, 0.05) is 30.3 Å². The molecule has 0 N–H and O–H groups in total. The molecular weight excluding hydrogens is 358 g/mol. The molecule has 1 aliphatic rings. The molecule has 0 unspecified atom stereocenters. The third kappa shape index (κ3) is 3.29. The molecule has 27 heavy (non-hydrogen) atoms. The SMILES string of the molecule is CCc1nc2c(sc3nc4c(cc32)COC(C)(C)C4)c(=O)n1CCC(C)C. The van der Waals surface area contributed by atoms with Crippen molar-refractivity contribution >= 4 is 31.8 Å². The molecule has 0 radical (unpaired) electrons. The van der Waals surface area contributed by atoms with Crippen LogP contribution < -0.4 is 5.56 Å². The highest BCUT2D eigenvalue weighted by molar-refractivity contribution is 7.25. The lowest BCUT2D eigenvalue weighted by Gasteiger charge is -2.30. The van der Waals surface area contributed by atoms with Crippen LogP contribution in [0.2, 0.25) is 0 Å². The smallest absolute Gasteiger partial charge is 0.271 e. The van der Waals surface area contributed by atoms with Gasteiger partial charge in [0.1, 0.15) is 15.4 Å². The fourth-order valence-electron chi connectivity index (χ4n) is 3.67. The van der Waals surface area contributed by atoms with Crippen LogP contribution in [0.1, 0.15) is 58.1 Å². The van der Waals surface area contributed by atoms with Crippen molar-refractivity contribution in [1.29, 1.82) is 0 Å². The molecule has 0 saturated carbocycles. The topological polar surface area (TPSA) is 57.0 Å². The van der Waals surface area contributed by atoms with Crippen LogP contribution in [0.5, 0.6) is 0 Å². The lowest BCUT2D eigenvalue weighted by atomic mass is 9.95. The zero-order valence-electron chi connectivity index (χ0n) is 16.8. The first-order chi connectivity index (χ1) is 12.8. The van der Waals surface area contributed by atoms with E-state index in [2.05, 4.69) is 40.7 Å². The minimum absolute atomic E-state index is 0.0788. The summed E-state index contributed by atoms with van der Waals surface area (Å²) < 4.78 is 8.54. The summed E-state index contributed by atoms with van der Waals surface area (Å²) >= 11 is 1.48. The summed E-state index contributed by atoms with van der Waals surface area (Å²) in [5.74, 6) is 1.42. The lowest BCUT2D eigenvalue weighted by molar-refractivity contribution is -0.0411. The van der Waals surface area contributed by atoms with Gasteiger partial charge in [-0.2, -0.15) is 0 Å². The minimum atomic E-state index is -0.193. The van der Waals surface area contributed by atoms with Crippen molar-refractivity contribution in [3.05, 3.63) is 33.5 Å². The van der Waals surface area contributed by atoms with Crippen molar-refractivity contribution < 1.29 is 4.74 Å². The van der Waals surface area contributed by atoms with E-state index in [1.165, 1.54) is 11.3 Å². The Balaban J connectivity index is 1.91. The van der Waals surface area contributed by atoms with Crippen molar-refractivity contribution in [2.45, 2.75) is 72.6 Å². The third-order valence-electron chi connectivity index (χ3n) is 5.27. The van der Waals surface area contributed by atoms with E-state index in [9.17, 15) is 4.79 Å². The minimum Gasteiger partial charge on any atom is -0.370 e. The van der Waals surface area contributed by atoms with Gasteiger partial charge in [-0.3, -0.25) is 9.36 Å². The zero-order chi connectivity index (χ0) is 19.3. The second kappa shape index (κ2) is 6.67. The van der Waals surface area contributed by atoms with Gasteiger partial charge in [0.15, 0.2) is 0 Å². The predicted octanol–water partition coefficient (Wildman–Crippen LogP) is 4.47. The summed E-state index contributed by atoms with van der Waals surface area (Å²) in [6, 6.07) is 2.13.